The molecule has 0 spiro atoms. The minimum Gasteiger partial charge on any atom is -0.497 e. The molecule has 1 aliphatic rings. The molecule has 1 heterocycles. The van der Waals surface area contributed by atoms with E-state index in [4.69, 9.17) is 9.47 Å². The van der Waals surface area contributed by atoms with E-state index in [0.717, 1.165) is 18.4 Å². The summed E-state index contributed by atoms with van der Waals surface area (Å²) in [5.41, 5.74) is 1.69. The largest absolute Gasteiger partial charge is 0.497 e. The normalized spacial score (nSPS) is 15.6. The van der Waals surface area contributed by atoms with Crippen molar-refractivity contribution in [2.75, 3.05) is 27.3 Å². The molecule has 2 aromatic rings. The zero-order valence-electron chi connectivity index (χ0n) is 17.8. The number of carbonyl (C=O) groups excluding carboxylic acids is 1. The number of hydrogen-bond donors (Lipinski definition) is 1. The number of ether oxygens (including phenoxy) is 2. The maximum absolute atomic E-state index is 13.0. The lowest BCUT2D eigenvalue weighted by molar-refractivity contribution is 0.0939. The topological polar surface area (TPSA) is 84.9 Å². The molecule has 1 N–H and O–H groups in total. The lowest BCUT2D eigenvalue weighted by Gasteiger charge is -2.20. The molecule has 1 fully saturated rings. The standard InChI is InChI=1S/C22H28N2O5S/c1-15-7-8-17(13-21(15)30(26,27)24-11-5-6-12-24)22(25)23-16(2)19-14-18(28-3)9-10-20(19)29-4/h7-10,13-14,16H,5-6,11-12H2,1-4H3,(H,23,25). The predicted molar refractivity (Wildman–Crippen MR) is 115 cm³/mol. The second-order valence-electron chi connectivity index (χ2n) is 7.39. The van der Waals surface area contributed by atoms with Crippen molar-refractivity contribution in [3.05, 3.63) is 53.1 Å². The Balaban J connectivity index is 1.86. The second-order valence-corrected chi connectivity index (χ2v) is 9.30. The lowest BCUT2D eigenvalue weighted by atomic mass is 10.1. The molecule has 2 aromatic carbocycles. The summed E-state index contributed by atoms with van der Waals surface area (Å²) in [6.45, 7) is 4.62. The number of amides is 1. The van der Waals surface area contributed by atoms with Gasteiger partial charge in [0.25, 0.3) is 5.91 Å². The minimum absolute atomic E-state index is 0.184. The smallest absolute Gasteiger partial charge is 0.251 e. The average Bonchev–Trinajstić information content (AvgIpc) is 3.29. The molecule has 7 nitrogen and oxygen atoms in total. The third-order valence-corrected chi connectivity index (χ3v) is 7.42. The third-order valence-electron chi connectivity index (χ3n) is 5.38. The highest BCUT2D eigenvalue weighted by atomic mass is 32.2. The molecule has 3 rings (SSSR count). The Kier molecular flexibility index (Phi) is 6.67. The molecule has 0 bridgehead atoms. The number of methoxy groups -OCH3 is 2. The number of aryl methyl sites for hydroxylation is 1. The zero-order chi connectivity index (χ0) is 21.9. The van der Waals surface area contributed by atoms with E-state index in [-0.39, 0.29) is 16.8 Å². The highest BCUT2D eigenvalue weighted by molar-refractivity contribution is 7.89. The lowest BCUT2D eigenvalue weighted by Crippen LogP contribution is -2.30. The Morgan fingerprint density at radius 2 is 1.77 bits per heavy atom. The third kappa shape index (κ3) is 4.44. The van der Waals surface area contributed by atoms with Crippen LogP contribution in [0.1, 0.15) is 47.3 Å². The molecule has 30 heavy (non-hydrogen) atoms. The van der Waals surface area contributed by atoms with E-state index in [9.17, 15) is 13.2 Å². The molecule has 1 atom stereocenters. The van der Waals surface area contributed by atoms with Crippen LogP contribution in [0, 0.1) is 6.92 Å². The van der Waals surface area contributed by atoms with Gasteiger partial charge in [-0.15, -0.1) is 0 Å². The molecule has 1 aliphatic heterocycles. The maximum Gasteiger partial charge on any atom is 0.251 e. The van der Waals surface area contributed by atoms with E-state index >= 15 is 0 Å². The maximum atomic E-state index is 13.0. The van der Waals surface area contributed by atoms with Gasteiger partial charge < -0.3 is 14.8 Å². The molecular weight excluding hydrogens is 404 g/mol. The van der Waals surface area contributed by atoms with Crippen LogP contribution in [-0.2, 0) is 10.0 Å². The van der Waals surface area contributed by atoms with E-state index in [1.165, 1.54) is 10.4 Å². The van der Waals surface area contributed by atoms with Crippen LogP contribution in [0.25, 0.3) is 0 Å². The van der Waals surface area contributed by atoms with Crippen molar-refractivity contribution in [3.63, 3.8) is 0 Å². The highest BCUT2D eigenvalue weighted by Crippen LogP contribution is 2.30. The molecule has 8 heteroatoms. The van der Waals surface area contributed by atoms with Crippen LogP contribution in [0.15, 0.2) is 41.3 Å². The van der Waals surface area contributed by atoms with Crippen LogP contribution in [-0.4, -0.2) is 45.9 Å². The van der Waals surface area contributed by atoms with Crippen molar-refractivity contribution in [3.8, 4) is 11.5 Å². The number of sulfonamides is 1. The Bertz CT molecular complexity index is 1030. The molecule has 162 valence electrons. The van der Waals surface area contributed by atoms with E-state index < -0.39 is 10.0 Å². The summed E-state index contributed by atoms with van der Waals surface area (Å²) in [6.07, 6.45) is 1.72. The van der Waals surface area contributed by atoms with E-state index in [2.05, 4.69) is 5.32 Å². The molecule has 1 saturated heterocycles. The van der Waals surface area contributed by atoms with Crippen LogP contribution in [0.5, 0.6) is 11.5 Å². The fourth-order valence-electron chi connectivity index (χ4n) is 3.62. The molecule has 1 unspecified atom stereocenters. The van der Waals surface area contributed by atoms with Crippen molar-refractivity contribution in [2.45, 2.75) is 37.6 Å². The Hall–Kier alpha value is -2.58. The van der Waals surface area contributed by atoms with Gasteiger partial charge in [-0.3, -0.25) is 4.79 Å². The summed E-state index contributed by atoms with van der Waals surface area (Å²) in [7, 11) is -0.471. The summed E-state index contributed by atoms with van der Waals surface area (Å²) in [4.78, 5) is 13.1. The van der Waals surface area contributed by atoms with Gasteiger partial charge in [0.2, 0.25) is 10.0 Å². The molecular formula is C22H28N2O5S. The van der Waals surface area contributed by atoms with Crippen LogP contribution in [0.3, 0.4) is 0 Å². The van der Waals surface area contributed by atoms with Crippen molar-refractivity contribution in [1.29, 1.82) is 0 Å². The molecule has 1 amide bonds. The van der Waals surface area contributed by atoms with E-state index in [0.29, 0.717) is 35.7 Å². The van der Waals surface area contributed by atoms with Gasteiger partial charge >= 0.3 is 0 Å². The van der Waals surface area contributed by atoms with Crippen molar-refractivity contribution in [1.82, 2.24) is 9.62 Å². The SMILES string of the molecule is COc1ccc(OC)c(C(C)NC(=O)c2ccc(C)c(S(=O)(=O)N3CCCC3)c2)c1. The first-order chi connectivity index (χ1) is 14.3. The summed E-state index contributed by atoms with van der Waals surface area (Å²) in [5.74, 6) is 0.927. The highest BCUT2D eigenvalue weighted by Gasteiger charge is 2.29. The number of benzene rings is 2. The number of rotatable bonds is 7. The predicted octanol–water partition coefficient (Wildman–Crippen LogP) is 3.29. The zero-order valence-corrected chi connectivity index (χ0v) is 18.6. The summed E-state index contributed by atoms with van der Waals surface area (Å²) >= 11 is 0. The van der Waals surface area contributed by atoms with Crippen LogP contribution in [0.4, 0.5) is 0 Å². The first-order valence-electron chi connectivity index (χ1n) is 9.91. The molecule has 0 saturated carbocycles. The van der Waals surface area contributed by atoms with Crippen molar-refractivity contribution >= 4 is 15.9 Å². The fraction of sp³-hybridized carbons (Fsp3) is 0.409. The fourth-order valence-corrected chi connectivity index (χ4v) is 5.39. The number of hydrogen-bond acceptors (Lipinski definition) is 5. The molecule has 0 radical (unpaired) electrons. The molecule has 0 aromatic heterocycles. The summed E-state index contributed by atoms with van der Waals surface area (Å²) in [6, 6.07) is 9.78. The van der Waals surface area contributed by atoms with Gasteiger partial charge in [-0.1, -0.05) is 6.07 Å². The second kappa shape index (κ2) is 9.06. The Labute approximate surface area is 178 Å². The van der Waals surface area contributed by atoms with Gasteiger partial charge in [0, 0.05) is 24.2 Å². The van der Waals surface area contributed by atoms with E-state index in [1.807, 2.05) is 13.0 Å². The minimum atomic E-state index is -3.61. The number of nitrogens with zero attached hydrogens (tertiary/aromatic N) is 1. The average molecular weight is 433 g/mol. The summed E-state index contributed by atoms with van der Waals surface area (Å²) in [5, 5.41) is 2.92. The van der Waals surface area contributed by atoms with Gasteiger partial charge in [-0.05, 0) is 62.6 Å². The Morgan fingerprint density at radius 1 is 1.07 bits per heavy atom. The van der Waals surface area contributed by atoms with Gasteiger partial charge in [0.05, 0.1) is 25.2 Å². The van der Waals surface area contributed by atoms with Gasteiger partial charge in [0.1, 0.15) is 11.5 Å². The van der Waals surface area contributed by atoms with Gasteiger partial charge in [-0.2, -0.15) is 4.31 Å². The monoisotopic (exact) mass is 432 g/mol. The van der Waals surface area contributed by atoms with Crippen LogP contribution >= 0.6 is 0 Å². The quantitative estimate of drug-likeness (QED) is 0.726. The van der Waals surface area contributed by atoms with Gasteiger partial charge in [0.15, 0.2) is 0 Å². The van der Waals surface area contributed by atoms with Gasteiger partial charge in [-0.25, -0.2) is 8.42 Å². The van der Waals surface area contributed by atoms with E-state index in [1.54, 1.807) is 45.4 Å². The Morgan fingerprint density at radius 3 is 2.40 bits per heavy atom. The van der Waals surface area contributed by atoms with Crippen LogP contribution in [0.2, 0.25) is 0 Å². The first kappa shape index (κ1) is 22.1. The number of carbonyl (C=O) groups is 1. The first-order valence-corrected chi connectivity index (χ1v) is 11.4. The molecule has 0 aliphatic carbocycles. The van der Waals surface area contributed by atoms with Crippen LogP contribution < -0.4 is 14.8 Å². The summed E-state index contributed by atoms with van der Waals surface area (Å²) < 4.78 is 38.1. The number of nitrogens with one attached hydrogen (secondary N) is 1. The van der Waals surface area contributed by atoms with Crippen molar-refractivity contribution < 1.29 is 22.7 Å². The van der Waals surface area contributed by atoms with Crippen molar-refractivity contribution in [2.24, 2.45) is 0 Å².